The van der Waals surface area contributed by atoms with E-state index in [1.807, 2.05) is 27.7 Å². The highest BCUT2D eigenvalue weighted by molar-refractivity contribution is 5.77. The van der Waals surface area contributed by atoms with Crippen LogP contribution in [0.25, 0.3) is 0 Å². The highest BCUT2D eigenvalue weighted by atomic mass is 16.5. The van der Waals surface area contributed by atoms with Crippen LogP contribution in [0, 0.1) is 0 Å². The van der Waals surface area contributed by atoms with E-state index < -0.39 is 0 Å². The van der Waals surface area contributed by atoms with Crippen molar-refractivity contribution < 1.29 is 14.3 Å². The lowest BCUT2D eigenvalue weighted by Gasteiger charge is -2.22. The van der Waals surface area contributed by atoms with Crippen molar-refractivity contribution in [3.05, 3.63) is 0 Å². The second-order valence-corrected chi connectivity index (χ2v) is 4.41. The molecule has 0 unspecified atom stereocenters. The van der Waals surface area contributed by atoms with Crippen molar-refractivity contribution in [2.45, 2.75) is 33.3 Å². The van der Waals surface area contributed by atoms with E-state index in [0.29, 0.717) is 19.8 Å². The molecule has 0 bridgehead atoms. The number of carbonyl (C=O) groups excluding carboxylic acids is 1. The van der Waals surface area contributed by atoms with Gasteiger partial charge in [0.15, 0.2) is 0 Å². The molecule has 0 saturated heterocycles. The standard InChI is InChI=1S/C11H23NO3/c1-6-14-8-7-12(5)10(13)9-15-11(2,3)4/h6-9H2,1-5H3. The van der Waals surface area contributed by atoms with Crippen molar-refractivity contribution in [1.29, 1.82) is 0 Å². The van der Waals surface area contributed by atoms with E-state index in [-0.39, 0.29) is 18.1 Å². The van der Waals surface area contributed by atoms with Gasteiger partial charge in [0.05, 0.1) is 12.2 Å². The Morgan fingerprint density at radius 2 is 1.93 bits per heavy atom. The quantitative estimate of drug-likeness (QED) is 0.629. The Hall–Kier alpha value is -0.610. The van der Waals surface area contributed by atoms with Crippen molar-refractivity contribution in [3.8, 4) is 0 Å². The van der Waals surface area contributed by atoms with Gasteiger partial charge in [-0.25, -0.2) is 0 Å². The number of rotatable bonds is 6. The normalized spacial score (nSPS) is 11.5. The third kappa shape index (κ3) is 8.39. The lowest BCUT2D eigenvalue weighted by Crippen LogP contribution is -2.35. The van der Waals surface area contributed by atoms with Gasteiger partial charge in [0.1, 0.15) is 6.61 Å². The predicted molar refractivity (Wildman–Crippen MR) is 59.8 cm³/mol. The Labute approximate surface area is 92.5 Å². The SMILES string of the molecule is CCOCCN(C)C(=O)COC(C)(C)C. The zero-order chi connectivity index (χ0) is 11.9. The van der Waals surface area contributed by atoms with Gasteiger partial charge >= 0.3 is 0 Å². The molecule has 0 aliphatic carbocycles. The molecule has 0 aliphatic rings. The molecule has 0 aromatic carbocycles. The van der Waals surface area contributed by atoms with Gasteiger partial charge in [0.2, 0.25) is 5.91 Å². The summed E-state index contributed by atoms with van der Waals surface area (Å²) in [5.41, 5.74) is -0.267. The summed E-state index contributed by atoms with van der Waals surface area (Å²) in [6.07, 6.45) is 0. The van der Waals surface area contributed by atoms with Crippen molar-refractivity contribution in [2.24, 2.45) is 0 Å². The number of likely N-dealkylation sites (N-methyl/N-ethyl adjacent to an activating group) is 1. The maximum atomic E-state index is 11.5. The summed E-state index contributed by atoms with van der Waals surface area (Å²) in [6, 6.07) is 0. The second kappa shape index (κ2) is 6.80. The molecule has 0 aromatic heterocycles. The Morgan fingerprint density at radius 3 is 2.40 bits per heavy atom. The molecule has 0 aromatic rings. The molecule has 0 rings (SSSR count). The molecule has 15 heavy (non-hydrogen) atoms. The van der Waals surface area contributed by atoms with Gasteiger partial charge in [-0.1, -0.05) is 0 Å². The van der Waals surface area contributed by atoms with Gasteiger partial charge in [0, 0.05) is 20.2 Å². The first-order valence-corrected chi connectivity index (χ1v) is 5.32. The predicted octanol–water partition coefficient (Wildman–Crippen LogP) is 1.30. The monoisotopic (exact) mass is 217 g/mol. The highest BCUT2D eigenvalue weighted by Gasteiger charge is 2.15. The number of ether oxygens (including phenoxy) is 2. The minimum atomic E-state index is -0.267. The summed E-state index contributed by atoms with van der Waals surface area (Å²) in [5.74, 6) is -0.00960. The zero-order valence-corrected chi connectivity index (χ0v) is 10.5. The van der Waals surface area contributed by atoms with Crippen LogP contribution in [0.4, 0.5) is 0 Å². The van der Waals surface area contributed by atoms with Crippen molar-refractivity contribution >= 4 is 5.91 Å². The van der Waals surface area contributed by atoms with E-state index in [0.717, 1.165) is 0 Å². The maximum Gasteiger partial charge on any atom is 0.248 e. The van der Waals surface area contributed by atoms with E-state index in [2.05, 4.69) is 0 Å². The van der Waals surface area contributed by atoms with Crippen molar-refractivity contribution in [2.75, 3.05) is 33.4 Å². The molecule has 0 radical (unpaired) electrons. The van der Waals surface area contributed by atoms with Crippen LogP contribution in [0.5, 0.6) is 0 Å². The van der Waals surface area contributed by atoms with Crippen molar-refractivity contribution in [3.63, 3.8) is 0 Å². The van der Waals surface area contributed by atoms with E-state index in [1.165, 1.54) is 0 Å². The first-order valence-electron chi connectivity index (χ1n) is 5.32. The molecular weight excluding hydrogens is 194 g/mol. The fourth-order valence-electron chi connectivity index (χ4n) is 0.859. The molecule has 1 amide bonds. The lowest BCUT2D eigenvalue weighted by molar-refractivity contribution is -0.140. The molecule has 0 N–H and O–H groups in total. The number of hydrogen-bond donors (Lipinski definition) is 0. The Balaban J connectivity index is 3.70. The van der Waals surface area contributed by atoms with Gasteiger partial charge in [-0.05, 0) is 27.7 Å². The van der Waals surface area contributed by atoms with Crippen LogP contribution < -0.4 is 0 Å². The fraction of sp³-hybridized carbons (Fsp3) is 0.909. The fourth-order valence-corrected chi connectivity index (χ4v) is 0.859. The molecule has 90 valence electrons. The third-order valence-corrected chi connectivity index (χ3v) is 1.83. The molecule has 0 aliphatic heterocycles. The minimum absolute atomic E-state index is 0.00960. The van der Waals surface area contributed by atoms with E-state index >= 15 is 0 Å². The topological polar surface area (TPSA) is 38.8 Å². The largest absolute Gasteiger partial charge is 0.380 e. The minimum Gasteiger partial charge on any atom is -0.380 e. The molecule has 0 atom stereocenters. The van der Waals surface area contributed by atoms with Crippen LogP contribution in [-0.2, 0) is 14.3 Å². The summed E-state index contributed by atoms with van der Waals surface area (Å²) < 4.78 is 10.6. The molecule has 4 nitrogen and oxygen atoms in total. The van der Waals surface area contributed by atoms with E-state index in [9.17, 15) is 4.79 Å². The number of hydrogen-bond acceptors (Lipinski definition) is 3. The van der Waals surface area contributed by atoms with Crippen LogP contribution in [0.3, 0.4) is 0 Å². The summed E-state index contributed by atoms with van der Waals surface area (Å²) in [5, 5.41) is 0. The van der Waals surface area contributed by atoms with Gasteiger partial charge in [-0.3, -0.25) is 4.79 Å². The average molecular weight is 217 g/mol. The summed E-state index contributed by atoms with van der Waals surface area (Å²) >= 11 is 0. The summed E-state index contributed by atoms with van der Waals surface area (Å²) in [6.45, 7) is 9.73. The molecule has 0 heterocycles. The number of amides is 1. The van der Waals surface area contributed by atoms with E-state index in [1.54, 1.807) is 11.9 Å². The first kappa shape index (κ1) is 14.4. The molecule has 0 saturated carbocycles. The molecule has 0 spiro atoms. The lowest BCUT2D eigenvalue weighted by atomic mass is 10.2. The van der Waals surface area contributed by atoms with Crippen LogP contribution in [0.1, 0.15) is 27.7 Å². The highest BCUT2D eigenvalue weighted by Crippen LogP contribution is 2.06. The Kier molecular flexibility index (Phi) is 6.52. The molecule has 0 fully saturated rings. The first-order chi connectivity index (χ1) is 6.87. The zero-order valence-electron chi connectivity index (χ0n) is 10.5. The number of carbonyl (C=O) groups is 1. The second-order valence-electron chi connectivity index (χ2n) is 4.41. The smallest absolute Gasteiger partial charge is 0.248 e. The van der Waals surface area contributed by atoms with Crippen molar-refractivity contribution in [1.82, 2.24) is 4.90 Å². The summed E-state index contributed by atoms with van der Waals surface area (Å²) in [4.78, 5) is 13.2. The Morgan fingerprint density at radius 1 is 1.33 bits per heavy atom. The van der Waals surface area contributed by atoms with Gasteiger partial charge in [0.25, 0.3) is 0 Å². The van der Waals surface area contributed by atoms with Crippen LogP contribution in [-0.4, -0.2) is 49.8 Å². The van der Waals surface area contributed by atoms with Gasteiger partial charge in [-0.2, -0.15) is 0 Å². The van der Waals surface area contributed by atoms with Crippen LogP contribution in [0.2, 0.25) is 0 Å². The van der Waals surface area contributed by atoms with E-state index in [4.69, 9.17) is 9.47 Å². The third-order valence-electron chi connectivity index (χ3n) is 1.83. The van der Waals surface area contributed by atoms with Crippen LogP contribution >= 0.6 is 0 Å². The summed E-state index contributed by atoms with van der Waals surface area (Å²) in [7, 11) is 1.76. The van der Waals surface area contributed by atoms with Gasteiger partial charge < -0.3 is 14.4 Å². The molecular formula is C11H23NO3. The van der Waals surface area contributed by atoms with Crippen LogP contribution in [0.15, 0.2) is 0 Å². The number of nitrogens with zero attached hydrogens (tertiary/aromatic N) is 1. The van der Waals surface area contributed by atoms with Gasteiger partial charge in [-0.15, -0.1) is 0 Å². The maximum absolute atomic E-state index is 11.5. The Bertz CT molecular complexity index is 187. The molecule has 4 heteroatoms. The average Bonchev–Trinajstić information content (AvgIpc) is 2.13.